The van der Waals surface area contributed by atoms with Crippen LogP contribution >= 0.6 is 0 Å². The topological polar surface area (TPSA) is 75.8 Å². The van der Waals surface area contributed by atoms with Crippen molar-refractivity contribution in [3.63, 3.8) is 0 Å². The first-order valence-electron chi connectivity index (χ1n) is 6.22. The molecule has 1 aliphatic heterocycles. The van der Waals surface area contributed by atoms with Crippen LogP contribution < -0.4 is 5.73 Å². The molecule has 0 radical (unpaired) electrons. The van der Waals surface area contributed by atoms with Crippen LogP contribution in [0.5, 0.6) is 0 Å². The summed E-state index contributed by atoms with van der Waals surface area (Å²) >= 11 is 0. The molecule has 7 heteroatoms. The third-order valence-corrected chi connectivity index (χ3v) is 3.11. The number of benzene rings is 1. The molecule has 1 amide bonds. The Morgan fingerprint density at radius 3 is 2.85 bits per heavy atom. The molecule has 0 aliphatic carbocycles. The number of rotatable bonds is 2. The van der Waals surface area contributed by atoms with E-state index in [-0.39, 0.29) is 25.8 Å². The van der Waals surface area contributed by atoms with Gasteiger partial charge in [-0.2, -0.15) is 0 Å². The van der Waals surface area contributed by atoms with Crippen molar-refractivity contribution < 1.29 is 23.4 Å². The van der Waals surface area contributed by atoms with Crippen molar-refractivity contribution in [1.82, 2.24) is 4.90 Å². The summed E-state index contributed by atoms with van der Waals surface area (Å²) in [6.45, 7) is 1.85. The van der Waals surface area contributed by atoms with Gasteiger partial charge in [0.1, 0.15) is 5.82 Å². The number of halogens is 2. The number of nitrogens with zero attached hydrogens (tertiary/aromatic N) is 1. The fourth-order valence-corrected chi connectivity index (χ4v) is 2.25. The van der Waals surface area contributed by atoms with Gasteiger partial charge in [0.25, 0.3) is 5.91 Å². The third kappa shape index (κ3) is 2.88. The van der Waals surface area contributed by atoms with Gasteiger partial charge < -0.3 is 20.5 Å². The molecule has 0 bridgehead atoms. The van der Waals surface area contributed by atoms with Gasteiger partial charge in [-0.3, -0.25) is 4.79 Å². The standard InChI is InChI=1S/C13H16F2N2O3/c1-7-4-17(5-9(6-18)20-7)13(19)10-2-8(14)3-11(16)12(10)15/h2-3,7,9,18H,4-6,16H2,1H3. The van der Waals surface area contributed by atoms with Gasteiger partial charge in [0, 0.05) is 13.1 Å². The number of aliphatic hydroxyl groups excluding tert-OH is 1. The van der Waals surface area contributed by atoms with Crippen LogP contribution in [0, 0.1) is 11.6 Å². The van der Waals surface area contributed by atoms with Crippen LogP contribution in [-0.4, -0.2) is 47.8 Å². The van der Waals surface area contributed by atoms with E-state index in [1.165, 1.54) is 4.90 Å². The molecule has 2 unspecified atom stereocenters. The number of carbonyl (C=O) groups is 1. The highest BCUT2D eigenvalue weighted by atomic mass is 19.1. The van der Waals surface area contributed by atoms with Crippen molar-refractivity contribution in [3.05, 3.63) is 29.3 Å². The number of nitrogens with two attached hydrogens (primary N) is 1. The Morgan fingerprint density at radius 1 is 1.50 bits per heavy atom. The molecule has 0 spiro atoms. The van der Waals surface area contributed by atoms with Crippen molar-refractivity contribution in [2.24, 2.45) is 0 Å². The molecule has 1 saturated heterocycles. The maximum Gasteiger partial charge on any atom is 0.257 e. The summed E-state index contributed by atoms with van der Waals surface area (Å²) < 4.78 is 32.5. The minimum Gasteiger partial charge on any atom is -0.396 e. The summed E-state index contributed by atoms with van der Waals surface area (Å²) in [6, 6.07) is 1.65. The lowest BCUT2D eigenvalue weighted by atomic mass is 10.1. The molecule has 1 aromatic carbocycles. The molecule has 2 atom stereocenters. The molecule has 1 heterocycles. The Bertz CT molecular complexity index is 525. The number of anilines is 1. The Hall–Kier alpha value is -1.73. The quantitative estimate of drug-likeness (QED) is 0.787. The van der Waals surface area contributed by atoms with Crippen molar-refractivity contribution in [2.45, 2.75) is 19.1 Å². The van der Waals surface area contributed by atoms with Crippen LogP contribution in [0.15, 0.2) is 12.1 Å². The van der Waals surface area contributed by atoms with Crippen LogP contribution in [0.2, 0.25) is 0 Å². The lowest BCUT2D eigenvalue weighted by Crippen LogP contribution is -2.50. The first-order chi connectivity index (χ1) is 9.42. The average Bonchev–Trinajstić information content (AvgIpc) is 2.41. The molecule has 110 valence electrons. The largest absolute Gasteiger partial charge is 0.396 e. The lowest BCUT2D eigenvalue weighted by molar-refractivity contribution is -0.0859. The van der Waals surface area contributed by atoms with E-state index in [2.05, 4.69) is 0 Å². The summed E-state index contributed by atoms with van der Waals surface area (Å²) in [5, 5.41) is 9.10. The molecule has 2 rings (SSSR count). The Balaban J connectivity index is 2.27. The third-order valence-electron chi connectivity index (χ3n) is 3.11. The zero-order valence-electron chi connectivity index (χ0n) is 11.0. The normalized spacial score (nSPS) is 22.9. The van der Waals surface area contributed by atoms with Crippen LogP contribution in [0.3, 0.4) is 0 Å². The summed E-state index contributed by atoms with van der Waals surface area (Å²) in [5.74, 6) is -2.37. The van der Waals surface area contributed by atoms with E-state index in [0.717, 1.165) is 12.1 Å². The predicted molar refractivity (Wildman–Crippen MR) is 68.1 cm³/mol. The van der Waals surface area contributed by atoms with Crippen molar-refractivity contribution >= 4 is 11.6 Å². The van der Waals surface area contributed by atoms with E-state index in [9.17, 15) is 13.6 Å². The van der Waals surface area contributed by atoms with Crippen LogP contribution in [0.4, 0.5) is 14.5 Å². The van der Waals surface area contributed by atoms with Gasteiger partial charge in [0.15, 0.2) is 5.82 Å². The summed E-state index contributed by atoms with van der Waals surface area (Å²) in [6.07, 6.45) is -0.824. The number of nitrogen functional groups attached to an aromatic ring is 1. The molecule has 3 N–H and O–H groups in total. The summed E-state index contributed by atoms with van der Waals surface area (Å²) in [5.41, 5.74) is 4.50. The second-order valence-corrected chi connectivity index (χ2v) is 4.82. The van der Waals surface area contributed by atoms with Crippen molar-refractivity contribution in [3.8, 4) is 0 Å². The minimum absolute atomic E-state index is 0.121. The number of carbonyl (C=O) groups excluding carboxylic acids is 1. The second-order valence-electron chi connectivity index (χ2n) is 4.82. The molecule has 1 fully saturated rings. The SMILES string of the molecule is CC1CN(C(=O)c2cc(F)cc(N)c2F)CC(CO)O1. The monoisotopic (exact) mass is 286 g/mol. The van der Waals surface area contributed by atoms with E-state index in [4.69, 9.17) is 15.6 Å². The highest BCUT2D eigenvalue weighted by molar-refractivity contribution is 5.95. The Labute approximate surface area is 114 Å². The smallest absolute Gasteiger partial charge is 0.257 e. The van der Waals surface area contributed by atoms with Gasteiger partial charge in [0.05, 0.1) is 30.1 Å². The molecule has 1 aromatic rings. The lowest BCUT2D eigenvalue weighted by Gasteiger charge is -2.36. The fraction of sp³-hybridized carbons (Fsp3) is 0.462. The first kappa shape index (κ1) is 14.7. The highest BCUT2D eigenvalue weighted by Crippen LogP contribution is 2.21. The summed E-state index contributed by atoms with van der Waals surface area (Å²) in [7, 11) is 0. The van der Waals surface area contributed by atoms with Crippen LogP contribution in [0.1, 0.15) is 17.3 Å². The minimum atomic E-state index is -0.934. The number of hydrogen-bond donors (Lipinski definition) is 2. The van der Waals surface area contributed by atoms with Gasteiger partial charge in [-0.25, -0.2) is 8.78 Å². The van der Waals surface area contributed by atoms with Crippen LogP contribution in [-0.2, 0) is 4.74 Å². The maximum atomic E-state index is 13.8. The number of morpholine rings is 1. The Kier molecular flexibility index (Phi) is 4.20. The van der Waals surface area contributed by atoms with Crippen LogP contribution in [0.25, 0.3) is 0 Å². The van der Waals surface area contributed by atoms with Crippen molar-refractivity contribution in [1.29, 1.82) is 0 Å². The van der Waals surface area contributed by atoms with Crippen molar-refractivity contribution in [2.75, 3.05) is 25.4 Å². The summed E-state index contributed by atoms with van der Waals surface area (Å²) in [4.78, 5) is 13.6. The van der Waals surface area contributed by atoms with E-state index >= 15 is 0 Å². The number of aliphatic hydroxyl groups is 1. The molecule has 20 heavy (non-hydrogen) atoms. The maximum absolute atomic E-state index is 13.8. The van der Waals surface area contributed by atoms with Gasteiger partial charge in [0.2, 0.25) is 0 Å². The second kappa shape index (κ2) is 5.72. The zero-order valence-corrected chi connectivity index (χ0v) is 11.0. The molecule has 1 aliphatic rings. The van der Waals surface area contributed by atoms with E-state index in [1.807, 2.05) is 0 Å². The zero-order chi connectivity index (χ0) is 14.9. The number of ether oxygens (including phenoxy) is 1. The molecule has 5 nitrogen and oxygen atoms in total. The highest BCUT2D eigenvalue weighted by Gasteiger charge is 2.30. The molecular weight excluding hydrogens is 270 g/mol. The molecular formula is C13H16F2N2O3. The molecule has 0 aromatic heterocycles. The average molecular weight is 286 g/mol. The van der Waals surface area contributed by atoms with E-state index < -0.39 is 34.9 Å². The van der Waals surface area contributed by atoms with Gasteiger partial charge in [-0.1, -0.05) is 0 Å². The van der Waals surface area contributed by atoms with E-state index in [1.54, 1.807) is 6.92 Å². The Morgan fingerprint density at radius 2 is 2.20 bits per heavy atom. The van der Waals surface area contributed by atoms with Gasteiger partial charge >= 0.3 is 0 Å². The van der Waals surface area contributed by atoms with Gasteiger partial charge in [-0.15, -0.1) is 0 Å². The first-order valence-corrected chi connectivity index (χ1v) is 6.22. The molecule has 0 saturated carbocycles. The fourth-order valence-electron chi connectivity index (χ4n) is 2.25. The van der Waals surface area contributed by atoms with Gasteiger partial charge in [-0.05, 0) is 19.1 Å². The number of hydrogen-bond acceptors (Lipinski definition) is 4. The predicted octanol–water partition coefficient (Wildman–Crippen LogP) is 0.769. The van der Waals surface area contributed by atoms with E-state index in [0.29, 0.717) is 0 Å². The number of amides is 1.